The van der Waals surface area contributed by atoms with E-state index in [4.69, 9.17) is 9.47 Å². The maximum absolute atomic E-state index is 12.7. The molecule has 6 nitrogen and oxygen atoms in total. The van der Waals surface area contributed by atoms with Gasteiger partial charge >= 0.3 is 0 Å². The average molecular weight is 356 g/mol. The fourth-order valence-corrected chi connectivity index (χ4v) is 3.55. The van der Waals surface area contributed by atoms with E-state index in [1.807, 2.05) is 13.8 Å². The molecule has 0 radical (unpaired) electrons. The second kappa shape index (κ2) is 5.56. The summed E-state index contributed by atoms with van der Waals surface area (Å²) in [5.74, 6) is 0.000489. The highest BCUT2D eigenvalue weighted by Crippen LogP contribution is 2.49. The Labute approximate surface area is 150 Å². The number of phenolic OH excluding ortho intramolecular Hbond substituents is 3. The number of hydrogen-bond acceptors (Lipinski definition) is 6. The van der Waals surface area contributed by atoms with Crippen LogP contribution in [0.3, 0.4) is 0 Å². The van der Waals surface area contributed by atoms with Gasteiger partial charge in [-0.3, -0.25) is 4.79 Å². The van der Waals surface area contributed by atoms with Gasteiger partial charge in [-0.1, -0.05) is 6.07 Å². The summed E-state index contributed by atoms with van der Waals surface area (Å²) < 4.78 is 12.0. The van der Waals surface area contributed by atoms with E-state index in [2.05, 4.69) is 0 Å². The monoisotopic (exact) mass is 356 g/mol. The normalized spacial score (nSPS) is 20.5. The molecule has 0 amide bonds. The second-order valence-corrected chi connectivity index (χ2v) is 7.42. The van der Waals surface area contributed by atoms with Crippen LogP contribution in [0.1, 0.15) is 54.3 Å². The number of ether oxygens (including phenoxy) is 2. The molecule has 0 saturated carbocycles. The molecule has 0 bridgehead atoms. The molecule has 2 heterocycles. The molecule has 0 spiro atoms. The third-order valence-corrected chi connectivity index (χ3v) is 4.97. The van der Waals surface area contributed by atoms with E-state index in [1.165, 1.54) is 18.2 Å². The minimum absolute atomic E-state index is 0.0376. The van der Waals surface area contributed by atoms with Crippen molar-refractivity contribution in [3.63, 3.8) is 0 Å². The van der Waals surface area contributed by atoms with E-state index in [0.29, 0.717) is 23.5 Å². The number of rotatable bonds is 1. The van der Waals surface area contributed by atoms with Crippen LogP contribution in [0.5, 0.6) is 28.7 Å². The number of carbonyl (C=O) groups is 1. The molecule has 1 unspecified atom stereocenters. The summed E-state index contributed by atoms with van der Waals surface area (Å²) in [7, 11) is 0. The van der Waals surface area contributed by atoms with Crippen LogP contribution in [-0.4, -0.2) is 26.7 Å². The van der Waals surface area contributed by atoms with Gasteiger partial charge in [0.2, 0.25) is 0 Å². The van der Waals surface area contributed by atoms with Crippen LogP contribution in [0.25, 0.3) is 0 Å². The first-order valence-corrected chi connectivity index (χ1v) is 8.55. The molecule has 3 N–H and O–H groups in total. The summed E-state index contributed by atoms with van der Waals surface area (Å²) in [5, 5.41) is 29.6. The Hall–Kier alpha value is -2.89. The lowest BCUT2D eigenvalue weighted by Crippen LogP contribution is -2.33. The Bertz CT molecular complexity index is 915. The van der Waals surface area contributed by atoms with Gasteiger partial charge in [0.25, 0.3) is 0 Å². The predicted octanol–water partition coefficient (Wildman–Crippen LogP) is 3.61. The molecule has 136 valence electrons. The quantitative estimate of drug-likeness (QED) is 0.676. The number of fused-ring (bicyclic) bond motifs is 3. The van der Waals surface area contributed by atoms with E-state index in [1.54, 1.807) is 6.07 Å². The highest BCUT2D eigenvalue weighted by molar-refractivity contribution is 6.03. The van der Waals surface area contributed by atoms with Gasteiger partial charge in [0.1, 0.15) is 34.5 Å². The van der Waals surface area contributed by atoms with Crippen molar-refractivity contribution in [3.05, 3.63) is 41.0 Å². The molecule has 4 rings (SSSR count). The first-order valence-electron chi connectivity index (χ1n) is 8.55. The number of benzene rings is 2. The molecule has 0 saturated heterocycles. The number of carbonyl (C=O) groups excluding carboxylic acids is 1. The molecule has 6 heteroatoms. The zero-order valence-electron chi connectivity index (χ0n) is 14.6. The van der Waals surface area contributed by atoms with Gasteiger partial charge in [-0.15, -0.1) is 0 Å². The Kier molecular flexibility index (Phi) is 3.54. The molecule has 2 aromatic carbocycles. The van der Waals surface area contributed by atoms with Crippen LogP contribution in [0.15, 0.2) is 24.3 Å². The van der Waals surface area contributed by atoms with Gasteiger partial charge in [0.15, 0.2) is 17.3 Å². The van der Waals surface area contributed by atoms with Crippen LogP contribution in [0.4, 0.5) is 0 Å². The Morgan fingerprint density at radius 2 is 1.85 bits per heavy atom. The van der Waals surface area contributed by atoms with Gasteiger partial charge < -0.3 is 24.8 Å². The van der Waals surface area contributed by atoms with Crippen molar-refractivity contribution < 1.29 is 29.6 Å². The van der Waals surface area contributed by atoms with Gasteiger partial charge in [-0.25, -0.2) is 0 Å². The summed E-state index contributed by atoms with van der Waals surface area (Å²) in [6, 6.07) is 5.83. The second-order valence-electron chi connectivity index (χ2n) is 7.42. The zero-order valence-corrected chi connectivity index (χ0v) is 14.6. The fraction of sp³-hybridized carbons (Fsp3) is 0.350. The van der Waals surface area contributed by atoms with E-state index < -0.39 is 6.10 Å². The average Bonchev–Trinajstić information content (AvgIpc) is 2.55. The first-order chi connectivity index (χ1) is 12.2. The number of ketones is 1. The number of hydrogen-bond donors (Lipinski definition) is 3. The number of Topliss-reactive ketones (excluding diaryl/α,β-unsaturated/α-hetero) is 1. The molecule has 0 aromatic heterocycles. The Balaban J connectivity index is 1.79. The van der Waals surface area contributed by atoms with Crippen molar-refractivity contribution in [3.8, 4) is 28.7 Å². The van der Waals surface area contributed by atoms with Crippen molar-refractivity contribution in [2.24, 2.45) is 0 Å². The first kappa shape index (κ1) is 16.6. The largest absolute Gasteiger partial charge is 0.507 e. The van der Waals surface area contributed by atoms with E-state index in [0.717, 1.165) is 12.0 Å². The molecule has 2 aliphatic rings. The third-order valence-electron chi connectivity index (χ3n) is 4.97. The minimum Gasteiger partial charge on any atom is -0.507 e. The van der Waals surface area contributed by atoms with Crippen LogP contribution in [0, 0.1) is 0 Å². The van der Waals surface area contributed by atoms with Crippen LogP contribution in [0.2, 0.25) is 0 Å². The van der Waals surface area contributed by atoms with E-state index >= 15 is 0 Å². The SMILES string of the molecule is CC1(C)CCc2c(cc(O)c3c2OC(c2ccc(O)c(O)c2)CC3=O)O1. The van der Waals surface area contributed by atoms with Crippen molar-refractivity contribution in [1.82, 2.24) is 0 Å². The molecular weight excluding hydrogens is 336 g/mol. The lowest BCUT2D eigenvalue weighted by atomic mass is 9.88. The summed E-state index contributed by atoms with van der Waals surface area (Å²) in [6.45, 7) is 3.95. The van der Waals surface area contributed by atoms with Crippen molar-refractivity contribution in [1.29, 1.82) is 0 Å². The molecular formula is C20H20O6. The zero-order chi connectivity index (χ0) is 18.6. The van der Waals surface area contributed by atoms with E-state index in [-0.39, 0.29) is 40.6 Å². The fourth-order valence-electron chi connectivity index (χ4n) is 3.55. The summed E-state index contributed by atoms with van der Waals surface area (Å²) in [6.07, 6.45) is 0.864. The maximum Gasteiger partial charge on any atom is 0.174 e. The van der Waals surface area contributed by atoms with Crippen molar-refractivity contribution in [2.45, 2.75) is 44.8 Å². The highest BCUT2D eigenvalue weighted by atomic mass is 16.5. The van der Waals surface area contributed by atoms with Crippen LogP contribution in [-0.2, 0) is 6.42 Å². The lowest BCUT2D eigenvalue weighted by Gasteiger charge is -2.36. The molecule has 26 heavy (non-hydrogen) atoms. The minimum atomic E-state index is -0.609. The number of aromatic hydroxyl groups is 3. The van der Waals surface area contributed by atoms with Crippen LogP contribution < -0.4 is 9.47 Å². The predicted molar refractivity (Wildman–Crippen MR) is 93.2 cm³/mol. The van der Waals surface area contributed by atoms with Gasteiger partial charge in [-0.2, -0.15) is 0 Å². The topological polar surface area (TPSA) is 96.2 Å². The summed E-state index contributed by atoms with van der Waals surface area (Å²) >= 11 is 0. The summed E-state index contributed by atoms with van der Waals surface area (Å²) in [4.78, 5) is 12.7. The molecule has 1 atom stereocenters. The van der Waals surface area contributed by atoms with Crippen molar-refractivity contribution >= 4 is 5.78 Å². The van der Waals surface area contributed by atoms with Gasteiger partial charge in [0, 0.05) is 11.6 Å². The maximum atomic E-state index is 12.7. The standard InChI is InChI=1S/C20H20O6/c1-20(2)6-5-11-17(26-20)9-15(24)18-14(23)8-16(25-19(11)18)10-3-4-12(21)13(22)7-10/h3-4,7,9,16,21-22,24H,5-6,8H2,1-2H3. The smallest absolute Gasteiger partial charge is 0.174 e. The molecule has 0 aliphatic carbocycles. The molecule has 0 fully saturated rings. The van der Waals surface area contributed by atoms with Crippen LogP contribution >= 0.6 is 0 Å². The molecule has 2 aliphatic heterocycles. The summed E-state index contributed by atoms with van der Waals surface area (Å²) in [5.41, 5.74) is 1.19. The number of phenols is 3. The van der Waals surface area contributed by atoms with Gasteiger partial charge in [-0.05, 0) is 44.4 Å². The molecule has 2 aromatic rings. The van der Waals surface area contributed by atoms with E-state index in [9.17, 15) is 20.1 Å². The van der Waals surface area contributed by atoms with Crippen molar-refractivity contribution in [2.75, 3.05) is 0 Å². The lowest BCUT2D eigenvalue weighted by molar-refractivity contribution is 0.0758. The Morgan fingerprint density at radius 1 is 1.08 bits per heavy atom. The third kappa shape index (κ3) is 2.62. The highest BCUT2D eigenvalue weighted by Gasteiger charge is 2.37. The van der Waals surface area contributed by atoms with Gasteiger partial charge in [0.05, 0.1) is 6.42 Å². The Morgan fingerprint density at radius 3 is 2.58 bits per heavy atom.